The Morgan fingerprint density at radius 2 is 1.79 bits per heavy atom. The number of benzene rings is 2. The third-order valence-corrected chi connectivity index (χ3v) is 3.76. The summed E-state index contributed by atoms with van der Waals surface area (Å²) < 4.78 is 5.25. The van der Waals surface area contributed by atoms with Crippen LogP contribution in [0.15, 0.2) is 65.3 Å². The van der Waals surface area contributed by atoms with E-state index in [9.17, 15) is 4.79 Å². The maximum atomic E-state index is 12.4. The highest BCUT2D eigenvalue weighted by molar-refractivity contribution is 5.99. The van der Waals surface area contributed by atoms with Crippen LogP contribution in [0.1, 0.15) is 15.9 Å². The Kier molecular flexibility index (Phi) is 4.61. The van der Waals surface area contributed by atoms with Crippen LogP contribution in [0.2, 0.25) is 0 Å². The van der Waals surface area contributed by atoms with Gasteiger partial charge in [0.2, 0.25) is 0 Å². The summed E-state index contributed by atoms with van der Waals surface area (Å²) in [5.41, 5.74) is 3.42. The van der Waals surface area contributed by atoms with Crippen LogP contribution in [0, 0.1) is 0 Å². The molecule has 0 unspecified atom stereocenters. The van der Waals surface area contributed by atoms with Gasteiger partial charge in [-0.15, -0.1) is 0 Å². The number of amides is 1. The Labute approximate surface area is 140 Å². The summed E-state index contributed by atoms with van der Waals surface area (Å²) in [7, 11) is 3.99. The molecule has 1 heterocycles. The molecule has 0 aliphatic rings. The number of nitrogens with zero attached hydrogens (tertiary/aromatic N) is 2. The van der Waals surface area contributed by atoms with Crippen molar-refractivity contribution in [3.05, 3.63) is 71.9 Å². The van der Waals surface area contributed by atoms with E-state index in [1.54, 1.807) is 0 Å². The molecule has 0 atom stereocenters. The second kappa shape index (κ2) is 7.00. The van der Waals surface area contributed by atoms with Crippen molar-refractivity contribution < 1.29 is 9.32 Å². The molecule has 5 nitrogen and oxygen atoms in total. The highest BCUT2D eigenvalue weighted by Crippen LogP contribution is 2.23. The first-order valence-electron chi connectivity index (χ1n) is 7.69. The van der Waals surface area contributed by atoms with Gasteiger partial charge in [-0.25, -0.2) is 0 Å². The molecule has 0 fully saturated rings. The third-order valence-electron chi connectivity index (χ3n) is 3.76. The SMILES string of the molecule is CN(C)c1ccc(CNC(=O)c2cnoc2-c2ccccc2)cc1. The van der Waals surface area contributed by atoms with Crippen molar-refractivity contribution in [1.82, 2.24) is 10.5 Å². The number of rotatable bonds is 5. The molecule has 0 aliphatic carbocycles. The number of nitrogens with one attached hydrogen (secondary N) is 1. The van der Waals surface area contributed by atoms with Crippen LogP contribution in [0.4, 0.5) is 5.69 Å². The fourth-order valence-electron chi connectivity index (χ4n) is 2.39. The third kappa shape index (κ3) is 3.46. The van der Waals surface area contributed by atoms with Gasteiger partial charge in [-0.05, 0) is 17.7 Å². The molecular weight excluding hydrogens is 302 g/mol. The number of anilines is 1. The standard InChI is InChI=1S/C19H19N3O2/c1-22(2)16-10-8-14(9-11-16)12-20-19(23)17-13-21-24-18(17)15-6-4-3-5-7-15/h3-11,13H,12H2,1-2H3,(H,20,23). The predicted octanol–water partition coefficient (Wildman–Crippen LogP) is 3.34. The average Bonchev–Trinajstić information content (AvgIpc) is 3.10. The van der Waals surface area contributed by atoms with Crippen molar-refractivity contribution in [2.24, 2.45) is 0 Å². The molecule has 3 rings (SSSR count). The quantitative estimate of drug-likeness (QED) is 0.783. The molecule has 1 N–H and O–H groups in total. The van der Waals surface area contributed by atoms with Gasteiger partial charge in [0.25, 0.3) is 5.91 Å². The van der Waals surface area contributed by atoms with Crippen LogP contribution in [0.3, 0.4) is 0 Å². The summed E-state index contributed by atoms with van der Waals surface area (Å²) in [5.74, 6) is 0.280. The molecule has 122 valence electrons. The van der Waals surface area contributed by atoms with E-state index in [-0.39, 0.29) is 5.91 Å². The molecule has 24 heavy (non-hydrogen) atoms. The predicted molar refractivity (Wildman–Crippen MR) is 93.9 cm³/mol. The monoisotopic (exact) mass is 321 g/mol. The highest BCUT2D eigenvalue weighted by Gasteiger charge is 2.17. The Morgan fingerprint density at radius 1 is 1.08 bits per heavy atom. The number of aromatic nitrogens is 1. The minimum atomic E-state index is -0.202. The Bertz CT molecular complexity index is 808. The van der Waals surface area contributed by atoms with E-state index < -0.39 is 0 Å². The van der Waals surface area contributed by atoms with Gasteiger partial charge in [-0.1, -0.05) is 47.6 Å². The van der Waals surface area contributed by atoms with Gasteiger partial charge in [0.05, 0.1) is 6.20 Å². The zero-order valence-electron chi connectivity index (χ0n) is 13.7. The smallest absolute Gasteiger partial charge is 0.257 e. The molecule has 5 heteroatoms. The fraction of sp³-hybridized carbons (Fsp3) is 0.158. The first-order valence-corrected chi connectivity index (χ1v) is 7.69. The van der Waals surface area contributed by atoms with E-state index in [2.05, 4.69) is 10.5 Å². The van der Waals surface area contributed by atoms with Gasteiger partial charge < -0.3 is 14.7 Å². The summed E-state index contributed by atoms with van der Waals surface area (Å²) in [4.78, 5) is 14.5. The zero-order valence-corrected chi connectivity index (χ0v) is 13.7. The van der Waals surface area contributed by atoms with Gasteiger partial charge in [0, 0.05) is 31.9 Å². The molecule has 3 aromatic rings. The Hall–Kier alpha value is -3.08. The number of hydrogen-bond donors (Lipinski definition) is 1. The molecule has 0 saturated carbocycles. The van der Waals surface area contributed by atoms with Gasteiger partial charge in [0.1, 0.15) is 5.56 Å². The van der Waals surface area contributed by atoms with Gasteiger partial charge >= 0.3 is 0 Å². The second-order valence-corrected chi connectivity index (χ2v) is 5.68. The van der Waals surface area contributed by atoms with Gasteiger partial charge in [-0.2, -0.15) is 0 Å². The zero-order chi connectivity index (χ0) is 16.9. The molecule has 0 saturated heterocycles. The lowest BCUT2D eigenvalue weighted by Crippen LogP contribution is -2.22. The molecule has 0 bridgehead atoms. The lowest BCUT2D eigenvalue weighted by atomic mass is 10.1. The van der Waals surface area contributed by atoms with Crippen LogP contribution >= 0.6 is 0 Å². The Morgan fingerprint density at radius 3 is 2.46 bits per heavy atom. The van der Waals surface area contributed by atoms with Crippen molar-refractivity contribution in [3.63, 3.8) is 0 Å². The van der Waals surface area contributed by atoms with E-state index in [4.69, 9.17) is 4.52 Å². The normalized spacial score (nSPS) is 10.4. The summed E-state index contributed by atoms with van der Waals surface area (Å²) in [6.07, 6.45) is 1.45. The number of carbonyl (C=O) groups excluding carboxylic acids is 1. The highest BCUT2D eigenvalue weighted by atomic mass is 16.5. The molecule has 0 radical (unpaired) electrons. The van der Waals surface area contributed by atoms with Crippen LogP contribution in [0.25, 0.3) is 11.3 Å². The fourth-order valence-corrected chi connectivity index (χ4v) is 2.39. The maximum absolute atomic E-state index is 12.4. The van der Waals surface area contributed by atoms with Crippen molar-refractivity contribution in [1.29, 1.82) is 0 Å². The van der Waals surface area contributed by atoms with E-state index in [0.717, 1.165) is 16.8 Å². The van der Waals surface area contributed by atoms with Crippen molar-refractivity contribution >= 4 is 11.6 Å². The Balaban J connectivity index is 1.69. The topological polar surface area (TPSA) is 58.4 Å². The number of hydrogen-bond acceptors (Lipinski definition) is 4. The lowest BCUT2D eigenvalue weighted by Gasteiger charge is -2.12. The van der Waals surface area contributed by atoms with Gasteiger partial charge in [0.15, 0.2) is 5.76 Å². The van der Waals surface area contributed by atoms with Crippen LogP contribution < -0.4 is 10.2 Å². The maximum Gasteiger partial charge on any atom is 0.257 e. The van der Waals surface area contributed by atoms with E-state index in [1.165, 1.54) is 6.20 Å². The largest absolute Gasteiger partial charge is 0.378 e. The van der Waals surface area contributed by atoms with E-state index in [0.29, 0.717) is 17.9 Å². The molecule has 0 spiro atoms. The van der Waals surface area contributed by atoms with Crippen molar-refractivity contribution in [2.45, 2.75) is 6.54 Å². The minimum absolute atomic E-state index is 0.202. The molecule has 1 amide bonds. The second-order valence-electron chi connectivity index (χ2n) is 5.68. The summed E-state index contributed by atoms with van der Waals surface area (Å²) in [6, 6.07) is 17.5. The lowest BCUT2D eigenvalue weighted by molar-refractivity contribution is 0.0951. The van der Waals surface area contributed by atoms with E-state index >= 15 is 0 Å². The van der Waals surface area contributed by atoms with Gasteiger partial charge in [-0.3, -0.25) is 4.79 Å². The molecule has 0 aliphatic heterocycles. The van der Waals surface area contributed by atoms with E-state index in [1.807, 2.05) is 73.6 Å². The average molecular weight is 321 g/mol. The van der Waals surface area contributed by atoms with Crippen LogP contribution in [-0.2, 0) is 6.54 Å². The molecule has 1 aromatic heterocycles. The summed E-state index contributed by atoms with van der Waals surface area (Å²) >= 11 is 0. The number of carbonyl (C=O) groups is 1. The summed E-state index contributed by atoms with van der Waals surface area (Å²) in [5, 5.41) is 6.67. The minimum Gasteiger partial charge on any atom is -0.378 e. The molecular formula is C19H19N3O2. The first-order chi connectivity index (χ1) is 11.6. The van der Waals surface area contributed by atoms with Crippen LogP contribution in [0.5, 0.6) is 0 Å². The first kappa shape index (κ1) is 15.8. The molecule has 2 aromatic carbocycles. The van der Waals surface area contributed by atoms with Crippen molar-refractivity contribution in [3.8, 4) is 11.3 Å². The van der Waals surface area contributed by atoms with Crippen molar-refractivity contribution in [2.75, 3.05) is 19.0 Å². The van der Waals surface area contributed by atoms with Crippen LogP contribution in [-0.4, -0.2) is 25.2 Å². The summed E-state index contributed by atoms with van der Waals surface area (Å²) in [6.45, 7) is 0.450.